The first-order valence-electron chi connectivity index (χ1n) is 7.32. The lowest BCUT2D eigenvalue weighted by molar-refractivity contribution is 0.00517. The molecule has 17 heavy (non-hydrogen) atoms. The van der Waals surface area contributed by atoms with Crippen LogP contribution in [0.5, 0.6) is 0 Å². The van der Waals surface area contributed by atoms with E-state index in [1.165, 1.54) is 32.4 Å². The summed E-state index contributed by atoms with van der Waals surface area (Å²) in [6.45, 7) is 6.41. The summed E-state index contributed by atoms with van der Waals surface area (Å²) in [7, 11) is 0. The topological polar surface area (TPSA) is 49.5 Å². The van der Waals surface area contributed by atoms with E-state index in [0.29, 0.717) is 12.5 Å². The molecule has 3 nitrogen and oxygen atoms in total. The summed E-state index contributed by atoms with van der Waals surface area (Å²) in [6.07, 6.45) is 7.03. The summed E-state index contributed by atoms with van der Waals surface area (Å²) in [5.41, 5.74) is 5.17. The molecule has 2 fully saturated rings. The van der Waals surface area contributed by atoms with Gasteiger partial charge in [-0.3, -0.25) is 0 Å². The normalized spacial score (nSPS) is 39.0. The van der Waals surface area contributed by atoms with Crippen molar-refractivity contribution < 1.29 is 5.11 Å². The minimum atomic E-state index is -0.552. The first-order valence-corrected chi connectivity index (χ1v) is 7.32. The molecule has 1 heterocycles. The maximum Gasteiger partial charge on any atom is 0.0797 e. The Morgan fingerprint density at radius 1 is 1.41 bits per heavy atom. The van der Waals surface area contributed by atoms with Crippen molar-refractivity contribution in [2.75, 3.05) is 26.2 Å². The molecule has 1 aliphatic carbocycles. The van der Waals surface area contributed by atoms with Crippen molar-refractivity contribution in [1.82, 2.24) is 4.90 Å². The second-order valence-corrected chi connectivity index (χ2v) is 6.05. The Balaban J connectivity index is 1.75. The highest BCUT2D eigenvalue weighted by atomic mass is 16.3. The Bertz CT molecular complexity index is 246. The average Bonchev–Trinajstić information content (AvgIpc) is 2.94. The van der Waals surface area contributed by atoms with Crippen LogP contribution in [-0.2, 0) is 0 Å². The number of likely N-dealkylation sites (tertiary alicyclic amines) is 1. The van der Waals surface area contributed by atoms with E-state index >= 15 is 0 Å². The number of hydrogen-bond donors (Lipinski definition) is 2. The maximum atomic E-state index is 10.4. The number of nitrogens with zero attached hydrogens (tertiary/aromatic N) is 1. The van der Waals surface area contributed by atoms with Gasteiger partial charge in [0.25, 0.3) is 0 Å². The van der Waals surface area contributed by atoms with Crippen LogP contribution in [0.2, 0.25) is 0 Å². The summed E-state index contributed by atoms with van der Waals surface area (Å²) < 4.78 is 0. The van der Waals surface area contributed by atoms with E-state index in [-0.39, 0.29) is 0 Å². The van der Waals surface area contributed by atoms with Gasteiger partial charge in [-0.25, -0.2) is 0 Å². The van der Waals surface area contributed by atoms with Crippen LogP contribution in [0, 0.1) is 11.8 Å². The van der Waals surface area contributed by atoms with E-state index in [9.17, 15) is 5.11 Å². The van der Waals surface area contributed by atoms with Gasteiger partial charge in [-0.1, -0.05) is 19.8 Å². The van der Waals surface area contributed by atoms with Gasteiger partial charge in [0.05, 0.1) is 5.60 Å². The lowest BCUT2D eigenvalue weighted by Crippen LogP contribution is -2.42. The third kappa shape index (κ3) is 3.01. The summed E-state index contributed by atoms with van der Waals surface area (Å²) in [4.78, 5) is 2.57. The molecular weight excluding hydrogens is 212 g/mol. The zero-order valence-corrected chi connectivity index (χ0v) is 11.2. The van der Waals surface area contributed by atoms with Crippen molar-refractivity contribution >= 4 is 0 Å². The molecule has 3 N–H and O–H groups in total. The van der Waals surface area contributed by atoms with E-state index in [0.717, 1.165) is 31.7 Å². The van der Waals surface area contributed by atoms with E-state index in [2.05, 4.69) is 11.8 Å². The Morgan fingerprint density at radius 2 is 2.24 bits per heavy atom. The smallest absolute Gasteiger partial charge is 0.0797 e. The highest BCUT2D eigenvalue weighted by Gasteiger charge is 2.39. The van der Waals surface area contributed by atoms with Crippen LogP contribution in [-0.4, -0.2) is 41.8 Å². The van der Waals surface area contributed by atoms with Crippen molar-refractivity contribution in [3.05, 3.63) is 0 Å². The summed E-state index contributed by atoms with van der Waals surface area (Å²) in [5, 5.41) is 10.4. The minimum Gasteiger partial charge on any atom is -0.388 e. The molecule has 100 valence electrons. The van der Waals surface area contributed by atoms with Crippen molar-refractivity contribution in [3.8, 4) is 0 Å². The van der Waals surface area contributed by atoms with Gasteiger partial charge in [0, 0.05) is 13.1 Å². The number of aliphatic hydroxyl groups is 1. The van der Waals surface area contributed by atoms with Gasteiger partial charge in [0.1, 0.15) is 0 Å². The Labute approximate surface area is 105 Å². The zero-order chi connectivity index (χ0) is 12.3. The first-order chi connectivity index (χ1) is 8.18. The molecule has 3 heteroatoms. The van der Waals surface area contributed by atoms with Crippen LogP contribution in [0.4, 0.5) is 0 Å². The molecular formula is C14H28N2O. The molecule has 0 spiro atoms. The third-order valence-corrected chi connectivity index (χ3v) is 5.02. The second-order valence-electron chi connectivity index (χ2n) is 6.05. The SMILES string of the molecule is CCC1CCN(CCC2CCCC2(O)CN)C1. The molecule has 3 atom stereocenters. The van der Waals surface area contributed by atoms with Gasteiger partial charge < -0.3 is 15.7 Å². The lowest BCUT2D eigenvalue weighted by atomic mass is 9.88. The molecule has 1 aliphatic heterocycles. The largest absolute Gasteiger partial charge is 0.388 e. The fourth-order valence-electron chi connectivity index (χ4n) is 3.60. The quantitative estimate of drug-likeness (QED) is 0.767. The molecule has 0 aromatic rings. The Hall–Kier alpha value is -0.120. The molecule has 3 unspecified atom stereocenters. The van der Waals surface area contributed by atoms with Crippen LogP contribution < -0.4 is 5.73 Å². The third-order valence-electron chi connectivity index (χ3n) is 5.02. The van der Waals surface area contributed by atoms with Gasteiger partial charge in [0.2, 0.25) is 0 Å². The molecule has 1 saturated heterocycles. The fraction of sp³-hybridized carbons (Fsp3) is 1.00. The molecule has 2 rings (SSSR count). The average molecular weight is 240 g/mol. The fourth-order valence-corrected chi connectivity index (χ4v) is 3.60. The minimum absolute atomic E-state index is 0.438. The highest BCUT2D eigenvalue weighted by molar-refractivity contribution is 4.93. The monoisotopic (exact) mass is 240 g/mol. The van der Waals surface area contributed by atoms with Gasteiger partial charge >= 0.3 is 0 Å². The standard InChI is InChI=1S/C14H28N2O/c1-2-12-5-8-16(10-12)9-6-13-4-3-7-14(13,17)11-15/h12-13,17H,2-11,15H2,1H3. The number of hydrogen-bond acceptors (Lipinski definition) is 3. The molecule has 0 aromatic carbocycles. The van der Waals surface area contributed by atoms with Crippen molar-refractivity contribution in [2.24, 2.45) is 17.6 Å². The zero-order valence-electron chi connectivity index (χ0n) is 11.2. The van der Waals surface area contributed by atoms with Crippen LogP contribution >= 0.6 is 0 Å². The van der Waals surface area contributed by atoms with Gasteiger partial charge in [-0.2, -0.15) is 0 Å². The van der Waals surface area contributed by atoms with Crippen molar-refractivity contribution in [2.45, 2.75) is 51.0 Å². The van der Waals surface area contributed by atoms with E-state index in [4.69, 9.17) is 5.73 Å². The van der Waals surface area contributed by atoms with Gasteiger partial charge in [-0.15, -0.1) is 0 Å². The van der Waals surface area contributed by atoms with Crippen LogP contribution in [0.25, 0.3) is 0 Å². The Morgan fingerprint density at radius 3 is 2.88 bits per heavy atom. The highest BCUT2D eigenvalue weighted by Crippen LogP contribution is 2.37. The van der Waals surface area contributed by atoms with Crippen LogP contribution in [0.3, 0.4) is 0 Å². The van der Waals surface area contributed by atoms with E-state index < -0.39 is 5.60 Å². The Kier molecular flexibility index (Phi) is 4.45. The molecule has 0 aromatic heterocycles. The first kappa shape index (κ1) is 13.3. The van der Waals surface area contributed by atoms with Gasteiger partial charge in [0.15, 0.2) is 0 Å². The van der Waals surface area contributed by atoms with E-state index in [1.54, 1.807) is 0 Å². The molecule has 0 bridgehead atoms. The summed E-state index contributed by atoms with van der Waals surface area (Å²) in [6, 6.07) is 0. The lowest BCUT2D eigenvalue weighted by Gasteiger charge is -2.30. The number of nitrogens with two attached hydrogens (primary N) is 1. The molecule has 0 amide bonds. The maximum absolute atomic E-state index is 10.4. The summed E-state index contributed by atoms with van der Waals surface area (Å²) in [5.74, 6) is 1.35. The van der Waals surface area contributed by atoms with Crippen molar-refractivity contribution in [3.63, 3.8) is 0 Å². The molecule has 0 radical (unpaired) electrons. The molecule has 1 saturated carbocycles. The summed E-state index contributed by atoms with van der Waals surface area (Å²) >= 11 is 0. The molecule has 2 aliphatic rings. The van der Waals surface area contributed by atoms with Crippen molar-refractivity contribution in [1.29, 1.82) is 0 Å². The van der Waals surface area contributed by atoms with Crippen LogP contribution in [0.15, 0.2) is 0 Å². The van der Waals surface area contributed by atoms with E-state index in [1.807, 2.05) is 0 Å². The van der Waals surface area contributed by atoms with Gasteiger partial charge in [-0.05, 0) is 50.6 Å². The second kappa shape index (κ2) is 5.68. The predicted octanol–water partition coefficient (Wildman–Crippen LogP) is 1.60. The number of rotatable bonds is 5. The van der Waals surface area contributed by atoms with Crippen LogP contribution in [0.1, 0.15) is 45.4 Å². The predicted molar refractivity (Wildman–Crippen MR) is 70.8 cm³/mol.